The number of nitrogens with one attached hydrogen (secondary N) is 1. The van der Waals surface area contributed by atoms with Crippen LogP contribution in [0, 0.1) is 6.92 Å². The molecule has 0 unspecified atom stereocenters. The van der Waals surface area contributed by atoms with Gasteiger partial charge in [0.1, 0.15) is 17.2 Å². The van der Waals surface area contributed by atoms with Gasteiger partial charge in [-0.2, -0.15) is 0 Å². The second kappa shape index (κ2) is 9.53. The molecule has 0 fully saturated rings. The van der Waals surface area contributed by atoms with Crippen LogP contribution in [0.2, 0.25) is 0 Å². The summed E-state index contributed by atoms with van der Waals surface area (Å²) < 4.78 is 39.3. The Bertz CT molecular complexity index is 1140. The highest BCUT2D eigenvalue weighted by atomic mass is 32.2. The standard InChI is InChI=1S/C23H24N2O5S/c1-17-15-21(13-14-22(17)29-16-23(26)25(2)3)31(27,28)24-18-9-11-20(12-10-18)30-19-7-5-4-6-8-19/h4-15,24H,16H2,1-3H3. The number of anilines is 1. The van der Waals surface area contributed by atoms with Crippen LogP contribution >= 0.6 is 0 Å². The second-order valence-electron chi connectivity index (χ2n) is 7.05. The fourth-order valence-corrected chi connectivity index (χ4v) is 3.79. The van der Waals surface area contributed by atoms with Crippen LogP contribution in [0.25, 0.3) is 0 Å². The van der Waals surface area contributed by atoms with Gasteiger partial charge in [0, 0.05) is 19.8 Å². The van der Waals surface area contributed by atoms with Crippen molar-refractivity contribution in [1.82, 2.24) is 4.90 Å². The Hall–Kier alpha value is -3.52. The highest BCUT2D eigenvalue weighted by Crippen LogP contribution is 2.26. The Morgan fingerprint density at radius 2 is 1.58 bits per heavy atom. The summed E-state index contributed by atoms with van der Waals surface area (Å²) in [5, 5.41) is 0. The van der Waals surface area contributed by atoms with Crippen molar-refractivity contribution in [2.24, 2.45) is 0 Å². The zero-order chi connectivity index (χ0) is 22.4. The van der Waals surface area contributed by atoms with E-state index in [0.717, 1.165) is 0 Å². The Kier molecular flexibility index (Phi) is 6.81. The van der Waals surface area contributed by atoms with Gasteiger partial charge in [0.25, 0.3) is 15.9 Å². The lowest BCUT2D eigenvalue weighted by Gasteiger charge is -2.14. The molecule has 3 rings (SSSR count). The van der Waals surface area contributed by atoms with Gasteiger partial charge in [-0.15, -0.1) is 0 Å². The first-order valence-corrected chi connectivity index (χ1v) is 11.0. The Balaban J connectivity index is 1.67. The molecule has 7 nitrogen and oxygen atoms in total. The number of hydrogen-bond acceptors (Lipinski definition) is 5. The Morgan fingerprint density at radius 1 is 0.935 bits per heavy atom. The van der Waals surface area contributed by atoms with Gasteiger partial charge in [0.05, 0.1) is 4.90 Å². The van der Waals surface area contributed by atoms with Crippen LogP contribution in [-0.4, -0.2) is 39.9 Å². The van der Waals surface area contributed by atoms with Gasteiger partial charge in [0.2, 0.25) is 0 Å². The molecule has 1 N–H and O–H groups in total. The molecular weight excluding hydrogens is 416 g/mol. The smallest absolute Gasteiger partial charge is 0.261 e. The average molecular weight is 441 g/mol. The molecule has 1 amide bonds. The van der Waals surface area contributed by atoms with Gasteiger partial charge in [-0.25, -0.2) is 8.42 Å². The Morgan fingerprint density at radius 3 is 2.19 bits per heavy atom. The molecule has 0 bridgehead atoms. The van der Waals surface area contributed by atoms with E-state index < -0.39 is 10.0 Å². The first-order chi connectivity index (χ1) is 14.7. The van der Waals surface area contributed by atoms with E-state index in [1.807, 2.05) is 30.3 Å². The molecule has 3 aromatic rings. The van der Waals surface area contributed by atoms with Crippen LogP contribution in [0.3, 0.4) is 0 Å². The number of amides is 1. The minimum atomic E-state index is -3.79. The lowest BCUT2D eigenvalue weighted by Crippen LogP contribution is -2.27. The maximum Gasteiger partial charge on any atom is 0.261 e. The van der Waals surface area contributed by atoms with Gasteiger partial charge in [0.15, 0.2) is 6.61 Å². The van der Waals surface area contributed by atoms with Gasteiger partial charge >= 0.3 is 0 Å². The van der Waals surface area contributed by atoms with Crippen LogP contribution < -0.4 is 14.2 Å². The predicted octanol–water partition coefficient (Wildman–Crippen LogP) is 4.06. The number of carbonyl (C=O) groups is 1. The van der Waals surface area contributed by atoms with Gasteiger partial charge in [-0.05, 0) is 67.1 Å². The summed E-state index contributed by atoms with van der Waals surface area (Å²) in [5.74, 6) is 1.56. The van der Waals surface area contributed by atoms with Crippen molar-refractivity contribution in [3.63, 3.8) is 0 Å². The normalized spacial score (nSPS) is 10.9. The molecule has 0 radical (unpaired) electrons. The monoisotopic (exact) mass is 440 g/mol. The van der Waals surface area contributed by atoms with E-state index >= 15 is 0 Å². The molecular formula is C23H24N2O5S. The van der Waals surface area contributed by atoms with E-state index in [2.05, 4.69) is 4.72 Å². The third-order valence-corrected chi connectivity index (χ3v) is 5.77. The number of benzene rings is 3. The van der Waals surface area contributed by atoms with Crippen LogP contribution in [-0.2, 0) is 14.8 Å². The number of rotatable bonds is 8. The van der Waals surface area contributed by atoms with Gasteiger partial charge in [-0.1, -0.05) is 18.2 Å². The molecule has 0 heterocycles. The maximum absolute atomic E-state index is 12.8. The quantitative estimate of drug-likeness (QED) is 0.571. The van der Waals surface area contributed by atoms with E-state index in [-0.39, 0.29) is 17.4 Å². The summed E-state index contributed by atoms with van der Waals surface area (Å²) in [6.07, 6.45) is 0. The van der Waals surface area contributed by atoms with Crippen LogP contribution in [0.5, 0.6) is 17.2 Å². The number of nitrogens with zero attached hydrogens (tertiary/aromatic N) is 1. The average Bonchev–Trinajstić information content (AvgIpc) is 2.74. The zero-order valence-corrected chi connectivity index (χ0v) is 18.3. The number of carbonyl (C=O) groups excluding carboxylic acids is 1. The topological polar surface area (TPSA) is 84.9 Å². The first-order valence-electron chi connectivity index (χ1n) is 9.54. The highest BCUT2D eigenvalue weighted by Gasteiger charge is 2.16. The lowest BCUT2D eigenvalue weighted by molar-refractivity contribution is -0.130. The fourth-order valence-electron chi connectivity index (χ4n) is 2.65. The molecule has 3 aromatic carbocycles. The number of ether oxygens (including phenoxy) is 2. The summed E-state index contributed by atoms with van der Waals surface area (Å²) >= 11 is 0. The van der Waals surface area contributed by atoms with Crippen molar-refractivity contribution < 1.29 is 22.7 Å². The molecule has 0 spiro atoms. The van der Waals surface area contributed by atoms with Crippen molar-refractivity contribution in [2.45, 2.75) is 11.8 Å². The van der Waals surface area contributed by atoms with Crippen LogP contribution in [0.15, 0.2) is 77.7 Å². The summed E-state index contributed by atoms with van der Waals surface area (Å²) in [7, 11) is -0.512. The number of para-hydroxylation sites is 1. The summed E-state index contributed by atoms with van der Waals surface area (Å²) in [6.45, 7) is 1.61. The highest BCUT2D eigenvalue weighted by molar-refractivity contribution is 7.92. The van der Waals surface area contributed by atoms with Crippen molar-refractivity contribution >= 4 is 21.6 Å². The zero-order valence-electron chi connectivity index (χ0n) is 17.5. The molecule has 0 aliphatic heterocycles. The molecule has 0 saturated carbocycles. The summed E-state index contributed by atoms with van der Waals surface area (Å²) in [4.78, 5) is 13.2. The minimum Gasteiger partial charge on any atom is -0.483 e. The molecule has 0 aromatic heterocycles. The lowest BCUT2D eigenvalue weighted by atomic mass is 10.2. The van der Waals surface area contributed by atoms with Gasteiger partial charge < -0.3 is 14.4 Å². The van der Waals surface area contributed by atoms with Crippen molar-refractivity contribution in [3.8, 4) is 17.2 Å². The van der Waals surface area contributed by atoms with E-state index in [1.165, 1.54) is 17.0 Å². The van der Waals surface area contributed by atoms with Gasteiger partial charge in [-0.3, -0.25) is 9.52 Å². The largest absolute Gasteiger partial charge is 0.483 e. The number of likely N-dealkylation sites (N-methyl/N-ethyl adjacent to an activating group) is 1. The van der Waals surface area contributed by atoms with E-state index in [4.69, 9.17) is 9.47 Å². The molecule has 162 valence electrons. The van der Waals surface area contributed by atoms with E-state index in [1.54, 1.807) is 51.4 Å². The van der Waals surface area contributed by atoms with E-state index in [0.29, 0.717) is 28.5 Å². The SMILES string of the molecule is Cc1cc(S(=O)(=O)Nc2ccc(Oc3ccccc3)cc2)ccc1OCC(=O)N(C)C. The number of sulfonamides is 1. The van der Waals surface area contributed by atoms with Crippen molar-refractivity contribution in [1.29, 1.82) is 0 Å². The van der Waals surface area contributed by atoms with Crippen LogP contribution in [0.1, 0.15) is 5.56 Å². The van der Waals surface area contributed by atoms with Crippen LogP contribution in [0.4, 0.5) is 5.69 Å². The number of hydrogen-bond donors (Lipinski definition) is 1. The molecule has 0 aliphatic rings. The molecule has 0 atom stereocenters. The second-order valence-corrected chi connectivity index (χ2v) is 8.73. The molecule has 31 heavy (non-hydrogen) atoms. The first kappa shape index (κ1) is 22.2. The Labute approximate surface area is 182 Å². The third kappa shape index (κ3) is 5.99. The summed E-state index contributed by atoms with van der Waals surface area (Å²) in [6, 6.07) is 20.4. The summed E-state index contributed by atoms with van der Waals surface area (Å²) in [5.41, 5.74) is 1.02. The predicted molar refractivity (Wildman–Crippen MR) is 119 cm³/mol. The maximum atomic E-state index is 12.8. The fraction of sp³-hybridized carbons (Fsp3) is 0.174. The third-order valence-electron chi connectivity index (χ3n) is 4.39. The van der Waals surface area contributed by atoms with Crippen molar-refractivity contribution in [3.05, 3.63) is 78.4 Å². The molecule has 8 heteroatoms. The number of aryl methyl sites for hydroxylation is 1. The van der Waals surface area contributed by atoms with E-state index in [9.17, 15) is 13.2 Å². The minimum absolute atomic E-state index is 0.0981. The molecule has 0 saturated heterocycles. The molecule has 0 aliphatic carbocycles. The van der Waals surface area contributed by atoms with Crippen molar-refractivity contribution in [2.75, 3.05) is 25.4 Å².